The van der Waals surface area contributed by atoms with Crippen molar-refractivity contribution in [2.45, 2.75) is 6.92 Å². The first-order valence-electron chi connectivity index (χ1n) is 5.24. The number of ether oxygens (including phenoxy) is 1. The molecule has 0 N–H and O–H groups in total. The van der Waals surface area contributed by atoms with Crippen LogP contribution in [0.15, 0.2) is 36.4 Å². The average Bonchev–Trinajstić information content (AvgIpc) is 2.37. The van der Waals surface area contributed by atoms with Crippen molar-refractivity contribution in [1.82, 2.24) is 0 Å². The quantitative estimate of drug-likeness (QED) is 0.800. The van der Waals surface area contributed by atoms with Crippen LogP contribution in [0.4, 0.5) is 4.39 Å². The summed E-state index contributed by atoms with van der Waals surface area (Å²) in [5, 5.41) is 8.98. The second kappa shape index (κ2) is 5.07. The Bertz CT molecular complexity index is 634. The summed E-state index contributed by atoms with van der Waals surface area (Å²) < 4.78 is 19.0. The lowest BCUT2D eigenvalue weighted by Gasteiger charge is -2.09. The Morgan fingerprint density at radius 1 is 1.22 bits per heavy atom. The molecule has 0 unspecified atom stereocenters. The molecule has 0 aliphatic carbocycles. The monoisotopic (exact) mass is 261 g/mol. The third-order valence-electron chi connectivity index (χ3n) is 2.39. The van der Waals surface area contributed by atoms with Crippen LogP contribution in [0.3, 0.4) is 0 Å². The van der Waals surface area contributed by atoms with Gasteiger partial charge < -0.3 is 4.74 Å². The highest BCUT2D eigenvalue weighted by Crippen LogP contribution is 2.30. The van der Waals surface area contributed by atoms with Gasteiger partial charge in [-0.1, -0.05) is 23.7 Å². The van der Waals surface area contributed by atoms with E-state index in [0.29, 0.717) is 11.3 Å². The van der Waals surface area contributed by atoms with Gasteiger partial charge >= 0.3 is 0 Å². The summed E-state index contributed by atoms with van der Waals surface area (Å²) in [6.07, 6.45) is 0. The predicted molar refractivity (Wildman–Crippen MR) is 67.4 cm³/mol. The minimum Gasteiger partial charge on any atom is -0.453 e. The number of halogens is 2. The van der Waals surface area contributed by atoms with E-state index in [1.54, 1.807) is 24.3 Å². The Labute approximate surface area is 109 Å². The van der Waals surface area contributed by atoms with Gasteiger partial charge in [0.05, 0.1) is 10.6 Å². The van der Waals surface area contributed by atoms with Crippen LogP contribution in [0, 0.1) is 24.1 Å². The topological polar surface area (TPSA) is 33.0 Å². The summed E-state index contributed by atoms with van der Waals surface area (Å²) >= 11 is 5.66. The van der Waals surface area contributed by atoms with Gasteiger partial charge in [-0.25, -0.2) is 4.39 Å². The molecule has 4 heteroatoms. The van der Waals surface area contributed by atoms with E-state index in [1.165, 1.54) is 12.1 Å². The molecule has 0 spiro atoms. The van der Waals surface area contributed by atoms with E-state index in [2.05, 4.69) is 0 Å². The van der Waals surface area contributed by atoms with Gasteiger partial charge in [0.1, 0.15) is 11.8 Å². The van der Waals surface area contributed by atoms with Crippen LogP contribution in [-0.4, -0.2) is 0 Å². The lowest BCUT2D eigenvalue weighted by atomic mass is 10.1. The summed E-state index contributed by atoms with van der Waals surface area (Å²) in [4.78, 5) is 0. The van der Waals surface area contributed by atoms with Gasteiger partial charge in [-0.15, -0.1) is 0 Å². The summed E-state index contributed by atoms with van der Waals surface area (Å²) in [5.41, 5.74) is 1.29. The Balaban J connectivity index is 2.41. The Hall–Kier alpha value is -2.05. The molecule has 0 aromatic heterocycles. The number of nitriles is 1. The number of benzene rings is 2. The molecule has 2 aromatic carbocycles. The first kappa shape index (κ1) is 12.4. The van der Waals surface area contributed by atoms with Gasteiger partial charge in [0.25, 0.3) is 0 Å². The largest absolute Gasteiger partial charge is 0.453 e. The zero-order valence-electron chi connectivity index (χ0n) is 9.58. The maximum atomic E-state index is 13.7. The molecule has 0 aliphatic heterocycles. The van der Waals surface area contributed by atoms with Gasteiger partial charge in [0.2, 0.25) is 0 Å². The van der Waals surface area contributed by atoms with Crippen molar-refractivity contribution < 1.29 is 9.13 Å². The molecule has 0 fully saturated rings. The minimum absolute atomic E-state index is 0.00264. The van der Waals surface area contributed by atoms with Crippen molar-refractivity contribution in [3.8, 4) is 17.6 Å². The molecule has 0 bridgehead atoms. The van der Waals surface area contributed by atoms with Crippen LogP contribution in [0.25, 0.3) is 0 Å². The smallest absolute Gasteiger partial charge is 0.184 e. The summed E-state index contributed by atoms with van der Waals surface area (Å²) in [5.74, 6) is -0.323. The average molecular weight is 262 g/mol. The molecule has 2 nitrogen and oxygen atoms in total. The molecule has 18 heavy (non-hydrogen) atoms. The number of hydrogen-bond donors (Lipinski definition) is 0. The third kappa shape index (κ3) is 2.44. The van der Waals surface area contributed by atoms with Gasteiger partial charge in [-0.3, -0.25) is 0 Å². The fraction of sp³-hybridized carbons (Fsp3) is 0.0714. The fourth-order valence-corrected chi connectivity index (χ4v) is 1.67. The highest BCUT2D eigenvalue weighted by Gasteiger charge is 2.11. The maximum absolute atomic E-state index is 13.7. The van der Waals surface area contributed by atoms with Gasteiger partial charge in [0.15, 0.2) is 11.6 Å². The molecule has 0 saturated heterocycles. The molecule has 0 radical (unpaired) electrons. The lowest BCUT2D eigenvalue weighted by molar-refractivity contribution is 0.441. The van der Waals surface area contributed by atoms with E-state index < -0.39 is 5.82 Å². The van der Waals surface area contributed by atoms with E-state index in [1.807, 2.05) is 13.0 Å². The third-order valence-corrected chi connectivity index (χ3v) is 2.68. The lowest BCUT2D eigenvalue weighted by Crippen LogP contribution is -1.92. The number of nitrogens with zero attached hydrogens (tertiary/aromatic N) is 1. The molecular formula is C14H9ClFNO. The first-order chi connectivity index (χ1) is 8.61. The van der Waals surface area contributed by atoms with Gasteiger partial charge in [-0.05, 0) is 36.8 Å². The van der Waals surface area contributed by atoms with Crippen LogP contribution in [-0.2, 0) is 0 Å². The van der Waals surface area contributed by atoms with E-state index in [-0.39, 0.29) is 10.8 Å². The van der Waals surface area contributed by atoms with Crippen LogP contribution >= 0.6 is 11.6 Å². The van der Waals surface area contributed by atoms with Crippen LogP contribution in [0.2, 0.25) is 5.02 Å². The molecule has 0 amide bonds. The first-order valence-corrected chi connectivity index (χ1v) is 5.62. The molecule has 0 atom stereocenters. The van der Waals surface area contributed by atoms with Crippen molar-refractivity contribution in [2.24, 2.45) is 0 Å². The molecule has 90 valence electrons. The SMILES string of the molecule is Cc1ccc(Oc2cccc(Cl)c2F)c(C#N)c1. The summed E-state index contributed by atoms with van der Waals surface area (Å²) in [6.45, 7) is 1.87. The Morgan fingerprint density at radius 2 is 2.00 bits per heavy atom. The summed E-state index contributed by atoms with van der Waals surface area (Å²) in [7, 11) is 0. The molecule has 0 saturated carbocycles. The zero-order chi connectivity index (χ0) is 13.1. The second-order valence-electron chi connectivity index (χ2n) is 3.77. The van der Waals surface area contributed by atoms with Crippen molar-refractivity contribution in [3.63, 3.8) is 0 Å². The molecule has 0 aliphatic rings. The maximum Gasteiger partial charge on any atom is 0.184 e. The van der Waals surface area contributed by atoms with Crippen LogP contribution < -0.4 is 4.74 Å². The highest BCUT2D eigenvalue weighted by atomic mass is 35.5. The van der Waals surface area contributed by atoms with E-state index >= 15 is 0 Å². The number of hydrogen-bond acceptors (Lipinski definition) is 2. The Kier molecular flexibility index (Phi) is 3.50. The van der Waals surface area contributed by atoms with E-state index in [4.69, 9.17) is 21.6 Å². The van der Waals surface area contributed by atoms with E-state index in [0.717, 1.165) is 5.56 Å². The van der Waals surface area contributed by atoms with Crippen molar-refractivity contribution >= 4 is 11.6 Å². The van der Waals surface area contributed by atoms with Crippen LogP contribution in [0.5, 0.6) is 11.5 Å². The van der Waals surface area contributed by atoms with Gasteiger partial charge in [-0.2, -0.15) is 5.26 Å². The predicted octanol–water partition coefficient (Wildman–Crippen LogP) is 4.45. The standard InChI is InChI=1S/C14H9ClFNO/c1-9-5-6-12(10(7-9)8-17)18-13-4-2-3-11(15)14(13)16/h2-7H,1H3. The highest BCUT2D eigenvalue weighted by molar-refractivity contribution is 6.30. The zero-order valence-corrected chi connectivity index (χ0v) is 10.3. The molecular weight excluding hydrogens is 253 g/mol. The van der Waals surface area contributed by atoms with Crippen molar-refractivity contribution in [3.05, 3.63) is 58.4 Å². The second-order valence-corrected chi connectivity index (χ2v) is 4.17. The fourth-order valence-electron chi connectivity index (χ4n) is 1.50. The molecule has 2 rings (SSSR count). The van der Waals surface area contributed by atoms with E-state index in [9.17, 15) is 4.39 Å². The van der Waals surface area contributed by atoms with Gasteiger partial charge in [0, 0.05) is 0 Å². The Morgan fingerprint density at radius 3 is 2.72 bits per heavy atom. The summed E-state index contributed by atoms with van der Waals surface area (Å²) in [6, 6.07) is 11.6. The number of aryl methyl sites for hydroxylation is 1. The molecule has 0 heterocycles. The number of rotatable bonds is 2. The van der Waals surface area contributed by atoms with Crippen LogP contribution in [0.1, 0.15) is 11.1 Å². The van der Waals surface area contributed by atoms with Crippen molar-refractivity contribution in [2.75, 3.05) is 0 Å². The normalized spacial score (nSPS) is 9.89. The minimum atomic E-state index is -0.636. The molecule has 2 aromatic rings. The van der Waals surface area contributed by atoms with Crippen molar-refractivity contribution in [1.29, 1.82) is 5.26 Å².